The first-order valence-corrected chi connectivity index (χ1v) is 4.82. The fourth-order valence-electron chi connectivity index (χ4n) is 1.25. The molecule has 0 saturated carbocycles. The molecule has 1 unspecified atom stereocenters. The van der Waals surface area contributed by atoms with Crippen LogP contribution in [0, 0.1) is 5.41 Å². The van der Waals surface area contributed by atoms with Crippen molar-refractivity contribution in [3.63, 3.8) is 0 Å². The van der Waals surface area contributed by atoms with Gasteiger partial charge in [-0.05, 0) is 25.2 Å². The van der Waals surface area contributed by atoms with Crippen molar-refractivity contribution < 1.29 is 5.11 Å². The van der Waals surface area contributed by atoms with Gasteiger partial charge in [0.1, 0.15) is 0 Å². The Bertz CT molecular complexity index is 182. The lowest BCUT2D eigenvalue weighted by molar-refractivity contribution is 0.244. The smallest absolute Gasteiger partial charge is 0.0692 e. The minimum atomic E-state index is -0.345. The van der Waals surface area contributed by atoms with Gasteiger partial charge >= 0.3 is 0 Å². The molecule has 0 fully saturated rings. The number of allylic oxidation sites excluding steroid dienone is 2. The summed E-state index contributed by atoms with van der Waals surface area (Å²) in [5.74, 6) is 0. The molecule has 0 aromatic heterocycles. The van der Waals surface area contributed by atoms with Crippen molar-refractivity contribution in [2.75, 3.05) is 0 Å². The van der Waals surface area contributed by atoms with Crippen LogP contribution in [-0.4, -0.2) is 11.2 Å². The van der Waals surface area contributed by atoms with Gasteiger partial charge in [0.2, 0.25) is 0 Å². The number of hydrogen-bond donors (Lipinski definition) is 1. The van der Waals surface area contributed by atoms with Gasteiger partial charge in [-0.15, -0.1) is 0 Å². The van der Waals surface area contributed by atoms with Crippen LogP contribution in [0.25, 0.3) is 0 Å². The van der Waals surface area contributed by atoms with E-state index < -0.39 is 0 Å². The van der Waals surface area contributed by atoms with Crippen LogP contribution in [0.5, 0.6) is 0 Å². The van der Waals surface area contributed by atoms with Crippen LogP contribution in [0.3, 0.4) is 0 Å². The van der Waals surface area contributed by atoms with Crippen molar-refractivity contribution in [3.05, 3.63) is 24.3 Å². The zero-order valence-corrected chi connectivity index (χ0v) is 9.30. The maximum absolute atomic E-state index is 8.98. The highest BCUT2D eigenvalue weighted by Gasteiger charge is 2.10. The molecule has 0 heterocycles. The van der Waals surface area contributed by atoms with E-state index in [1.54, 1.807) is 13.0 Å². The van der Waals surface area contributed by atoms with Gasteiger partial charge in [0.25, 0.3) is 0 Å². The van der Waals surface area contributed by atoms with E-state index in [1.807, 2.05) is 6.08 Å². The summed E-state index contributed by atoms with van der Waals surface area (Å²) in [4.78, 5) is 0. The molecule has 0 saturated heterocycles. The quantitative estimate of drug-likeness (QED) is 0.661. The molecule has 1 heteroatoms. The highest BCUT2D eigenvalue weighted by atomic mass is 16.3. The van der Waals surface area contributed by atoms with Crippen LogP contribution in [-0.2, 0) is 0 Å². The average molecular weight is 182 g/mol. The topological polar surface area (TPSA) is 20.2 Å². The van der Waals surface area contributed by atoms with Gasteiger partial charge in [-0.1, -0.05) is 45.1 Å². The molecule has 0 rings (SSSR count). The summed E-state index contributed by atoms with van der Waals surface area (Å²) in [6.07, 6.45) is 5.36. The molecule has 0 aromatic rings. The van der Waals surface area contributed by atoms with E-state index in [0.717, 1.165) is 12.8 Å². The summed E-state index contributed by atoms with van der Waals surface area (Å²) in [5.41, 5.74) is 1.54. The molecule has 0 aliphatic heterocycles. The van der Waals surface area contributed by atoms with Crippen LogP contribution in [0.1, 0.15) is 40.5 Å². The minimum Gasteiger partial charge on any atom is -0.389 e. The van der Waals surface area contributed by atoms with Crippen molar-refractivity contribution >= 4 is 0 Å². The molecule has 0 radical (unpaired) electrons. The van der Waals surface area contributed by atoms with Gasteiger partial charge in [0.05, 0.1) is 6.10 Å². The van der Waals surface area contributed by atoms with Crippen molar-refractivity contribution in [2.24, 2.45) is 5.41 Å². The summed E-state index contributed by atoms with van der Waals surface area (Å²) < 4.78 is 0. The van der Waals surface area contributed by atoms with E-state index >= 15 is 0 Å². The first kappa shape index (κ1) is 12.4. The second kappa shape index (κ2) is 5.23. The normalized spacial score (nSPS) is 14.8. The Labute approximate surface area is 82.2 Å². The lowest BCUT2D eigenvalue weighted by atomic mass is 9.87. The van der Waals surface area contributed by atoms with Gasteiger partial charge < -0.3 is 5.11 Å². The number of hydrogen-bond acceptors (Lipinski definition) is 1. The number of rotatable bonds is 4. The molecule has 0 aliphatic rings. The lowest BCUT2D eigenvalue weighted by Gasteiger charge is -2.18. The second-order valence-corrected chi connectivity index (χ2v) is 4.86. The van der Waals surface area contributed by atoms with E-state index in [-0.39, 0.29) is 6.10 Å². The molecule has 0 bridgehead atoms. The third kappa shape index (κ3) is 9.35. The van der Waals surface area contributed by atoms with Crippen LogP contribution in [0.4, 0.5) is 0 Å². The van der Waals surface area contributed by atoms with Gasteiger partial charge in [0, 0.05) is 0 Å². The SMILES string of the molecule is C=C(C/C=C/C(C)O)CC(C)(C)C. The number of aliphatic hydroxyl groups is 1. The first-order valence-electron chi connectivity index (χ1n) is 4.82. The van der Waals surface area contributed by atoms with Crippen molar-refractivity contribution in [2.45, 2.75) is 46.6 Å². The van der Waals surface area contributed by atoms with Crippen LogP contribution in [0.2, 0.25) is 0 Å². The van der Waals surface area contributed by atoms with Crippen molar-refractivity contribution in [1.29, 1.82) is 0 Å². The van der Waals surface area contributed by atoms with Gasteiger partial charge in [0.15, 0.2) is 0 Å². The highest BCUT2D eigenvalue weighted by Crippen LogP contribution is 2.24. The molecule has 76 valence electrons. The average Bonchev–Trinajstić information content (AvgIpc) is 1.81. The zero-order chi connectivity index (χ0) is 10.5. The Hall–Kier alpha value is -0.560. The monoisotopic (exact) mass is 182 g/mol. The van der Waals surface area contributed by atoms with Crippen molar-refractivity contribution in [3.8, 4) is 0 Å². The van der Waals surface area contributed by atoms with Gasteiger partial charge in [-0.3, -0.25) is 0 Å². The molecule has 0 aromatic carbocycles. The molecular weight excluding hydrogens is 160 g/mol. The number of aliphatic hydroxyl groups excluding tert-OH is 1. The van der Waals surface area contributed by atoms with Crippen molar-refractivity contribution in [1.82, 2.24) is 0 Å². The molecule has 1 nitrogen and oxygen atoms in total. The van der Waals surface area contributed by atoms with Crippen LogP contribution in [0.15, 0.2) is 24.3 Å². The van der Waals surface area contributed by atoms with E-state index in [1.165, 1.54) is 5.57 Å². The third-order valence-corrected chi connectivity index (χ3v) is 1.60. The summed E-state index contributed by atoms with van der Waals surface area (Å²) >= 11 is 0. The molecule has 13 heavy (non-hydrogen) atoms. The predicted octanol–water partition coefficient (Wildman–Crippen LogP) is 3.31. The van der Waals surface area contributed by atoms with E-state index in [0.29, 0.717) is 5.41 Å². The standard InChI is InChI=1S/C12H22O/c1-10(9-12(3,4)5)7-6-8-11(2)13/h6,8,11,13H,1,7,9H2,2-5H3/b8-6+. The maximum Gasteiger partial charge on any atom is 0.0692 e. The fraction of sp³-hybridized carbons (Fsp3) is 0.667. The largest absolute Gasteiger partial charge is 0.389 e. The summed E-state index contributed by atoms with van der Waals surface area (Å²) in [7, 11) is 0. The molecular formula is C12H22O. The molecule has 0 amide bonds. The minimum absolute atomic E-state index is 0.315. The van der Waals surface area contributed by atoms with E-state index in [2.05, 4.69) is 27.4 Å². The Morgan fingerprint density at radius 1 is 1.46 bits per heavy atom. The summed E-state index contributed by atoms with van der Waals surface area (Å²) in [6, 6.07) is 0. The zero-order valence-electron chi connectivity index (χ0n) is 9.30. The third-order valence-electron chi connectivity index (χ3n) is 1.60. The molecule has 0 aliphatic carbocycles. The second-order valence-electron chi connectivity index (χ2n) is 4.86. The van der Waals surface area contributed by atoms with E-state index in [9.17, 15) is 0 Å². The first-order chi connectivity index (χ1) is 5.81. The van der Waals surface area contributed by atoms with Gasteiger partial charge in [-0.2, -0.15) is 0 Å². The Morgan fingerprint density at radius 2 is 2.00 bits per heavy atom. The fourth-order valence-corrected chi connectivity index (χ4v) is 1.25. The lowest BCUT2D eigenvalue weighted by Crippen LogP contribution is -2.05. The Kier molecular flexibility index (Phi) is 5.01. The predicted molar refractivity (Wildman–Crippen MR) is 58.6 cm³/mol. The van der Waals surface area contributed by atoms with Crippen LogP contribution >= 0.6 is 0 Å². The maximum atomic E-state index is 8.98. The Balaban J connectivity index is 3.77. The van der Waals surface area contributed by atoms with Gasteiger partial charge in [-0.25, -0.2) is 0 Å². The molecule has 0 spiro atoms. The van der Waals surface area contributed by atoms with E-state index in [4.69, 9.17) is 5.11 Å². The van der Waals surface area contributed by atoms with Crippen LogP contribution < -0.4 is 0 Å². The Morgan fingerprint density at radius 3 is 2.38 bits per heavy atom. The summed E-state index contributed by atoms with van der Waals surface area (Å²) in [6.45, 7) is 12.4. The molecule has 1 atom stereocenters. The molecule has 1 N–H and O–H groups in total. The summed E-state index contributed by atoms with van der Waals surface area (Å²) in [5, 5.41) is 8.98. The highest BCUT2D eigenvalue weighted by molar-refractivity contribution is 5.05.